The number of benzene rings is 1. The average Bonchev–Trinajstić information content (AvgIpc) is 2.49. The number of hydrogen-bond donors (Lipinski definition) is 1. The number of pyridine rings is 1. The number of carbonyl (C=O) groups excluding carboxylic acids is 1. The van der Waals surface area contributed by atoms with Crippen LogP contribution in [-0.2, 0) is 27.0 Å². The van der Waals surface area contributed by atoms with Gasteiger partial charge in [-0.15, -0.1) is 0 Å². The van der Waals surface area contributed by atoms with E-state index in [4.69, 9.17) is 16.3 Å². The normalized spacial score (nSPS) is 11.0. The lowest BCUT2D eigenvalue weighted by Crippen LogP contribution is -2.32. The topological polar surface area (TPSA) is 85.4 Å². The maximum Gasteiger partial charge on any atom is 0.239 e. The van der Waals surface area contributed by atoms with Crippen molar-refractivity contribution in [1.29, 1.82) is 0 Å². The Bertz CT molecular complexity index is 774. The van der Waals surface area contributed by atoms with E-state index < -0.39 is 15.9 Å². The van der Waals surface area contributed by atoms with E-state index in [-0.39, 0.29) is 17.3 Å². The minimum absolute atomic E-state index is 0.0396. The number of sulfonamides is 1. The van der Waals surface area contributed by atoms with Crippen LogP contribution in [0.5, 0.6) is 5.75 Å². The standard InChI is InChI=1S/C15H15ClN2O4S/c1-22-13-5-2-11(3-6-13)8-15(19)18-23(20,21)10-12-4-7-14(16)17-9-12/h2-7,9H,8,10H2,1H3,(H,18,19). The van der Waals surface area contributed by atoms with Crippen molar-refractivity contribution in [2.75, 3.05) is 7.11 Å². The van der Waals surface area contributed by atoms with E-state index >= 15 is 0 Å². The Morgan fingerprint density at radius 2 is 1.83 bits per heavy atom. The minimum atomic E-state index is -3.79. The number of hydrogen-bond acceptors (Lipinski definition) is 5. The van der Waals surface area contributed by atoms with Crippen molar-refractivity contribution in [3.8, 4) is 5.75 Å². The fourth-order valence-corrected chi connectivity index (χ4v) is 3.10. The largest absolute Gasteiger partial charge is 0.497 e. The maximum atomic E-state index is 12.0. The van der Waals surface area contributed by atoms with Gasteiger partial charge in [-0.3, -0.25) is 9.52 Å². The second-order valence-electron chi connectivity index (χ2n) is 4.80. The molecule has 0 saturated carbocycles. The molecule has 1 heterocycles. The van der Waals surface area contributed by atoms with Gasteiger partial charge in [0.2, 0.25) is 15.9 Å². The highest BCUT2D eigenvalue weighted by molar-refractivity contribution is 7.89. The van der Waals surface area contributed by atoms with Gasteiger partial charge in [0, 0.05) is 6.20 Å². The van der Waals surface area contributed by atoms with Crippen LogP contribution in [0.2, 0.25) is 5.15 Å². The van der Waals surface area contributed by atoms with Crippen LogP contribution < -0.4 is 9.46 Å². The monoisotopic (exact) mass is 354 g/mol. The molecule has 0 atom stereocenters. The molecule has 2 aromatic rings. The molecular formula is C15H15ClN2O4S. The number of ether oxygens (including phenoxy) is 1. The first-order valence-electron chi connectivity index (χ1n) is 6.64. The maximum absolute atomic E-state index is 12.0. The molecule has 0 aliphatic heterocycles. The lowest BCUT2D eigenvalue weighted by molar-refractivity contribution is -0.118. The van der Waals surface area contributed by atoms with Crippen molar-refractivity contribution < 1.29 is 17.9 Å². The summed E-state index contributed by atoms with van der Waals surface area (Å²) in [5.74, 6) is -0.278. The summed E-state index contributed by atoms with van der Waals surface area (Å²) in [5, 5.41) is 0.273. The summed E-state index contributed by atoms with van der Waals surface area (Å²) in [6, 6.07) is 9.85. The van der Waals surface area contributed by atoms with Gasteiger partial charge in [0.1, 0.15) is 10.9 Å². The van der Waals surface area contributed by atoms with Gasteiger partial charge < -0.3 is 4.74 Å². The van der Waals surface area contributed by atoms with E-state index in [1.807, 2.05) is 4.72 Å². The molecule has 0 spiro atoms. The molecule has 0 bridgehead atoms. The quantitative estimate of drug-likeness (QED) is 0.801. The zero-order valence-corrected chi connectivity index (χ0v) is 13.9. The van der Waals surface area contributed by atoms with Crippen molar-refractivity contribution in [1.82, 2.24) is 9.71 Å². The van der Waals surface area contributed by atoms with Crippen LogP contribution in [0.4, 0.5) is 0 Å². The molecule has 6 nitrogen and oxygen atoms in total. The highest BCUT2D eigenvalue weighted by Gasteiger charge is 2.16. The first-order chi connectivity index (χ1) is 10.9. The second kappa shape index (κ2) is 7.43. The number of nitrogens with zero attached hydrogens (tertiary/aromatic N) is 1. The number of methoxy groups -OCH3 is 1. The number of carbonyl (C=O) groups is 1. The summed E-state index contributed by atoms with van der Waals surface area (Å²) < 4.78 is 31.0. The van der Waals surface area contributed by atoms with Gasteiger partial charge in [-0.25, -0.2) is 13.4 Å². The van der Waals surface area contributed by atoms with Crippen molar-refractivity contribution in [2.24, 2.45) is 0 Å². The first-order valence-corrected chi connectivity index (χ1v) is 8.68. The molecule has 1 N–H and O–H groups in total. The van der Waals surface area contributed by atoms with Gasteiger partial charge in [-0.1, -0.05) is 29.8 Å². The SMILES string of the molecule is COc1ccc(CC(=O)NS(=O)(=O)Cc2ccc(Cl)nc2)cc1. The number of nitrogens with one attached hydrogen (secondary N) is 1. The molecule has 0 fully saturated rings. The fourth-order valence-electron chi connectivity index (χ4n) is 1.89. The Kier molecular flexibility index (Phi) is 5.57. The third-order valence-corrected chi connectivity index (χ3v) is 4.41. The van der Waals surface area contributed by atoms with E-state index in [1.54, 1.807) is 37.4 Å². The molecule has 0 unspecified atom stereocenters. The summed E-state index contributed by atoms with van der Waals surface area (Å²) in [5.41, 5.74) is 1.13. The first kappa shape index (κ1) is 17.2. The van der Waals surface area contributed by atoms with Crippen LogP contribution in [0.15, 0.2) is 42.6 Å². The zero-order valence-electron chi connectivity index (χ0n) is 12.3. The summed E-state index contributed by atoms with van der Waals surface area (Å²) in [7, 11) is -2.25. The predicted molar refractivity (Wildman–Crippen MR) is 86.7 cm³/mol. The molecule has 0 aliphatic carbocycles. The molecule has 0 radical (unpaired) electrons. The van der Waals surface area contributed by atoms with Crippen molar-refractivity contribution >= 4 is 27.5 Å². The van der Waals surface area contributed by atoms with Crippen LogP contribution in [-0.4, -0.2) is 26.4 Å². The van der Waals surface area contributed by atoms with Crippen LogP contribution >= 0.6 is 11.6 Å². The third-order valence-electron chi connectivity index (χ3n) is 2.94. The van der Waals surface area contributed by atoms with Gasteiger partial charge in [-0.05, 0) is 29.3 Å². The number of aromatic nitrogens is 1. The Hall–Kier alpha value is -2.12. The molecule has 0 aliphatic rings. The van der Waals surface area contributed by atoms with E-state index in [2.05, 4.69) is 4.98 Å². The van der Waals surface area contributed by atoms with Crippen molar-refractivity contribution in [2.45, 2.75) is 12.2 Å². The van der Waals surface area contributed by atoms with Crippen LogP contribution in [0.25, 0.3) is 0 Å². The van der Waals surface area contributed by atoms with Gasteiger partial charge >= 0.3 is 0 Å². The van der Waals surface area contributed by atoms with Crippen molar-refractivity contribution in [3.05, 3.63) is 58.9 Å². The van der Waals surface area contributed by atoms with Crippen LogP contribution in [0, 0.1) is 0 Å². The highest BCUT2D eigenvalue weighted by Crippen LogP contribution is 2.12. The number of rotatable bonds is 6. The van der Waals surface area contributed by atoms with E-state index in [1.165, 1.54) is 12.3 Å². The molecule has 8 heteroatoms. The molecule has 1 amide bonds. The Balaban J connectivity index is 1.96. The van der Waals surface area contributed by atoms with Crippen LogP contribution in [0.1, 0.15) is 11.1 Å². The molecule has 2 rings (SSSR count). The molecule has 23 heavy (non-hydrogen) atoms. The smallest absolute Gasteiger partial charge is 0.239 e. The van der Waals surface area contributed by atoms with Crippen LogP contribution in [0.3, 0.4) is 0 Å². The Morgan fingerprint density at radius 3 is 2.39 bits per heavy atom. The predicted octanol–water partition coefficient (Wildman–Crippen LogP) is 1.93. The number of amides is 1. The fraction of sp³-hybridized carbons (Fsp3) is 0.200. The molecule has 1 aromatic carbocycles. The van der Waals surface area contributed by atoms with Gasteiger partial charge in [0.25, 0.3) is 0 Å². The summed E-state index contributed by atoms with van der Waals surface area (Å²) >= 11 is 5.64. The summed E-state index contributed by atoms with van der Waals surface area (Å²) in [6.45, 7) is 0. The zero-order chi connectivity index (χ0) is 16.9. The van der Waals surface area contributed by atoms with Crippen molar-refractivity contribution in [3.63, 3.8) is 0 Å². The summed E-state index contributed by atoms with van der Waals surface area (Å²) in [6.07, 6.45) is 1.32. The van der Waals surface area contributed by atoms with E-state index in [0.717, 1.165) is 0 Å². The lowest BCUT2D eigenvalue weighted by atomic mass is 10.1. The molecule has 122 valence electrons. The summed E-state index contributed by atoms with van der Waals surface area (Å²) in [4.78, 5) is 15.7. The molecule has 0 saturated heterocycles. The third kappa shape index (κ3) is 5.54. The minimum Gasteiger partial charge on any atom is -0.497 e. The highest BCUT2D eigenvalue weighted by atomic mass is 35.5. The Labute approximate surface area is 139 Å². The van der Waals surface area contributed by atoms with Gasteiger partial charge in [0.15, 0.2) is 0 Å². The Morgan fingerprint density at radius 1 is 1.17 bits per heavy atom. The van der Waals surface area contributed by atoms with Gasteiger partial charge in [-0.2, -0.15) is 0 Å². The molecular weight excluding hydrogens is 340 g/mol. The molecule has 1 aromatic heterocycles. The second-order valence-corrected chi connectivity index (χ2v) is 6.91. The van der Waals surface area contributed by atoms with E-state index in [0.29, 0.717) is 16.9 Å². The van der Waals surface area contributed by atoms with E-state index in [9.17, 15) is 13.2 Å². The van der Waals surface area contributed by atoms with Gasteiger partial charge in [0.05, 0.1) is 19.3 Å². The lowest BCUT2D eigenvalue weighted by Gasteiger charge is -2.07. The number of halogens is 1. The average molecular weight is 355 g/mol.